The van der Waals surface area contributed by atoms with Gasteiger partial charge in [-0.05, 0) is 39.2 Å². The second-order valence-corrected chi connectivity index (χ2v) is 9.17. The van der Waals surface area contributed by atoms with Crippen LogP contribution >= 0.6 is 11.3 Å². The number of hydrogen-bond donors (Lipinski definition) is 4. The van der Waals surface area contributed by atoms with E-state index in [1.807, 2.05) is 37.2 Å². The lowest BCUT2D eigenvalue weighted by atomic mass is 10.1. The molecule has 0 bridgehead atoms. The van der Waals surface area contributed by atoms with Gasteiger partial charge in [-0.1, -0.05) is 5.73 Å². The van der Waals surface area contributed by atoms with Gasteiger partial charge in [-0.25, -0.2) is 4.39 Å². The van der Waals surface area contributed by atoms with Crippen molar-refractivity contribution in [2.24, 2.45) is 0 Å². The summed E-state index contributed by atoms with van der Waals surface area (Å²) < 4.78 is 14.1. The third kappa shape index (κ3) is 6.54. The summed E-state index contributed by atoms with van der Waals surface area (Å²) in [6.45, 7) is 2.27. The number of alkyl halides is 1. The fourth-order valence-corrected chi connectivity index (χ4v) is 4.57. The monoisotopic (exact) mass is 525 g/mol. The number of carbonyl (C=O) groups excluding carboxylic acids is 2. The van der Waals surface area contributed by atoms with Crippen molar-refractivity contribution < 1.29 is 14.0 Å². The first-order valence-corrected chi connectivity index (χ1v) is 12.4. The van der Waals surface area contributed by atoms with E-state index in [0.717, 1.165) is 28.8 Å². The highest BCUT2D eigenvalue weighted by Crippen LogP contribution is 2.22. The zero-order chi connectivity index (χ0) is 26.9. The Hall–Kier alpha value is -4.17. The molecule has 2 amide bonds. The molecule has 37 heavy (non-hydrogen) atoms. The van der Waals surface area contributed by atoms with Crippen molar-refractivity contribution in [2.75, 3.05) is 45.7 Å². The molecule has 0 aliphatic heterocycles. The fourth-order valence-electron chi connectivity index (χ4n) is 3.50. The van der Waals surface area contributed by atoms with E-state index in [4.69, 9.17) is 0 Å². The Kier molecular flexibility index (Phi) is 9.40. The molecule has 0 atom stereocenters. The highest BCUT2D eigenvalue weighted by atomic mass is 32.1. The molecule has 10 nitrogen and oxygen atoms in total. The molecule has 12 heteroatoms. The Morgan fingerprint density at radius 1 is 1.27 bits per heavy atom. The van der Waals surface area contributed by atoms with E-state index in [2.05, 4.69) is 26.7 Å². The fraction of sp³-hybridized carbons (Fsp3) is 0.320. The Labute approximate surface area is 216 Å². The molecular formula is C25H28FN7O3S. The molecule has 0 aliphatic rings. The Bertz CT molecular complexity index is 1560. The number of nitrogens with zero attached hydrogens (tertiary/aromatic N) is 3. The topological polar surface area (TPSA) is 135 Å². The number of thiazole rings is 1. The normalized spacial score (nSPS) is 11.6. The summed E-state index contributed by atoms with van der Waals surface area (Å²) in [5, 5.41) is 18.5. The van der Waals surface area contributed by atoms with E-state index < -0.39 is 18.1 Å². The third-order valence-electron chi connectivity index (χ3n) is 5.35. The lowest BCUT2D eigenvalue weighted by Crippen LogP contribution is -2.34. The predicted molar refractivity (Wildman–Crippen MR) is 142 cm³/mol. The summed E-state index contributed by atoms with van der Waals surface area (Å²) in [5.41, 5.74) is 4.24. The van der Waals surface area contributed by atoms with Gasteiger partial charge in [-0.2, -0.15) is 5.26 Å². The first-order chi connectivity index (χ1) is 17.8. The Balaban J connectivity index is 1.87. The highest BCUT2D eigenvalue weighted by molar-refractivity contribution is 7.07. The zero-order valence-electron chi connectivity index (χ0n) is 20.8. The number of hydrogen-bond acceptors (Lipinski definition) is 7. The van der Waals surface area contributed by atoms with Gasteiger partial charge in [-0.15, -0.1) is 11.3 Å². The highest BCUT2D eigenvalue weighted by Gasteiger charge is 2.15. The average Bonchev–Trinajstić information content (AvgIpc) is 3.43. The minimum absolute atomic E-state index is 0.158. The molecule has 0 spiro atoms. The number of carbonyl (C=O) groups is 2. The van der Waals surface area contributed by atoms with Crippen LogP contribution in [-0.2, 0) is 11.3 Å². The number of aromatic amines is 1. The molecule has 0 saturated heterocycles. The number of anilines is 1. The van der Waals surface area contributed by atoms with Crippen LogP contribution < -0.4 is 30.7 Å². The number of nitriles is 1. The van der Waals surface area contributed by atoms with Crippen LogP contribution in [0.1, 0.15) is 17.3 Å². The first kappa shape index (κ1) is 27.4. The van der Waals surface area contributed by atoms with E-state index in [0.29, 0.717) is 17.8 Å². The molecule has 0 fully saturated rings. The smallest absolute Gasteiger partial charge is 0.277 e. The largest absolute Gasteiger partial charge is 0.360 e. The van der Waals surface area contributed by atoms with Crippen molar-refractivity contribution in [3.05, 3.63) is 55.7 Å². The minimum Gasteiger partial charge on any atom is -0.360 e. The van der Waals surface area contributed by atoms with Gasteiger partial charge >= 0.3 is 0 Å². The average molecular weight is 526 g/mol. The second-order valence-electron chi connectivity index (χ2n) is 8.17. The number of likely N-dealkylation sites (N-methyl/N-ethyl adjacent to an activating group) is 1. The van der Waals surface area contributed by atoms with Crippen LogP contribution in [0.25, 0.3) is 22.2 Å². The van der Waals surface area contributed by atoms with E-state index in [1.54, 1.807) is 19.2 Å². The van der Waals surface area contributed by atoms with Crippen LogP contribution in [0, 0.1) is 11.3 Å². The van der Waals surface area contributed by atoms with Crippen molar-refractivity contribution in [1.82, 2.24) is 25.1 Å². The number of halogens is 1. The molecule has 0 unspecified atom stereocenters. The molecule has 2 aromatic heterocycles. The lowest BCUT2D eigenvalue weighted by molar-refractivity contribution is -0.115. The summed E-state index contributed by atoms with van der Waals surface area (Å²) in [5.74, 6) is -0.892. The van der Waals surface area contributed by atoms with Gasteiger partial charge in [0.2, 0.25) is 0 Å². The number of H-pyrrole nitrogens is 1. The molecule has 0 radical (unpaired) electrons. The standard InChI is InChI=1S/C25H28FN7O3S/c1-4-33-24(36)21(37-25(33)18(14-27)22(34)29-10-8-26)7-9-28-16-5-6-17-19(15-31-20(17)13-16)23(35)30-11-12-32(2)3/h5-6,9,13,15,28,31H,4,8,10-12H2,1-3H3,(H,29,34)(H,30,35)/b25-18-. The number of amides is 2. The number of rotatable bonds is 10. The van der Waals surface area contributed by atoms with Crippen LogP contribution in [0.5, 0.6) is 0 Å². The van der Waals surface area contributed by atoms with E-state index in [-0.39, 0.29) is 33.8 Å². The maximum Gasteiger partial charge on any atom is 0.277 e. The van der Waals surface area contributed by atoms with Crippen molar-refractivity contribution in [3.63, 3.8) is 0 Å². The van der Waals surface area contributed by atoms with E-state index in [1.165, 1.54) is 10.8 Å². The number of aromatic nitrogens is 2. The molecule has 4 N–H and O–H groups in total. The number of nitrogens with one attached hydrogen (secondary N) is 4. The molecule has 0 saturated carbocycles. The van der Waals surface area contributed by atoms with Crippen LogP contribution in [0.15, 0.2) is 35.4 Å². The van der Waals surface area contributed by atoms with Crippen molar-refractivity contribution in [2.45, 2.75) is 13.5 Å². The number of fused-ring (bicyclic) bond motifs is 1. The summed E-state index contributed by atoms with van der Waals surface area (Å²) >= 11 is 0.958. The van der Waals surface area contributed by atoms with Gasteiger partial charge in [0.25, 0.3) is 17.4 Å². The van der Waals surface area contributed by atoms with Crippen LogP contribution in [-0.4, -0.2) is 66.7 Å². The van der Waals surface area contributed by atoms with Crippen molar-refractivity contribution in [1.29, 1.82) is 5.26 Å². The van der Waals surface area contributed by atoms with Gasteiger partial charge < -0.3 is 25.8 Å². The van der Waals surface area contributed by atoms with Gasteiger partial charge in [0.1, 0.15) is 21.9 Å². The molecule has 3 rings (SSSR count). The van der Waals surface area contributed by atoms with Gasteiger partial charge in [0.15, 0.2) is 5.57 Å². The molecule has 3 aromatic rings. The van der Waals surface area contributed by atoms with Gasteiger partial charge in [0, 0.05) is 55.2 Å². The molecule has 1 aromatic carbocycles. The van der Waals surface area contributed by atoms with Crippen LogP contribution in [0.4, 0.5) is 10.1 Å². The molecule has 194 valence electrons. The first-order valence-electron chi connectivity index (χ1n) is 11.5. The summed E-state index contributed by atoms with van der Waals surface area (Å²) in [6.07, 6.45) is 3.13. The van der Waals surface area contributed by atoms with Crippen LogP contribution in [0.2, 0.25) is 0 Å². The van der Waals surface area contributed by atoms with Gasteiger partial charge in [-0.3, -0.25) is 19.0 Å². The molecular weight excluding hydrogens is 497 g/mol. The van der Waals surface area contributed by atoms with Crippen molar-refractivity contribution in [3.8, 4) is 6.07 Å². The SMILES string of the molecule is CCn1c(=O)c(=C=CNc2ccc3c(C(=O)NCCN(C)C)c[nH]c3c2)s/c1=C(/C#N)C(=O)NCCF. The molecule has 2 heterocycles. The maximum absolute atomic E-state index is 12.8. The predicted octanol–water partition coefficient (Wildman–Crippen LogP) is 0.468. The Morgan fingerprint density at radius 3 is 2.73 bits per heavy atom. The van der Waals surface area contributed by atoms with Crippen molar-refractivity contribution >= 4 is 51.0 Å². The van der Waals surface area contributed by atoms with Crippen LogP contribution in [0.3, 0.4) is 0 Å². The summed E-state index contributed by atoms with van der Waals surface area (Å²) in [6, 6.07) is 7.25. The number of benzene rings is 1. The third-order valence-corrected chi connectivity index (χ3v) is 6.46. The minimum atomic E-state index is -0.761. The zero-order valence-corrected chi connectivity index (χ0v) is 21.6. The summed E-state index contributed by atoms with van der Waals surface area (Å²) in [4.78, 5) is 42.6. The maximum atomic E-state index is 12.8. The van der Waals surface area contributed by atoms with Gasteiger partial charge in [0.05, 0.1) is 5.56 Å². The Morgan fingerprint density at radius 2 is 2.05 bits per heavy atom. The summed E-state index contributed by atoms with van der Waals surface area (Å²) in [7, 11) is 3.87. The van der Waals surface area contributed by atoms with E-state index in [9.17, 15) is 24.0 Å². The molecule has 0 aliphatic carbocycles. The quantitative estimate of drug-likeness (QED) is 0.304. The van der Waals surface area contributed by atoms with E-state index >= 15 is 0 Å². The second kappa shape index (κ2) is 12.7. The lowest BCUT2D eigenvalue weighted by Gasteiger charge is -2.10.